The van der Waals surface area contributed by atoms with E-state index in [0.717, 1.165) is 16.8 Å². The van der Waals surface area contributed by atoms with Crippen molar-refractivity contribution in [2.45, 2.75) is 78.6 Å². The summed E-state index contributed by atoms with van der Waals surface area (Å²) in [6.07, 6.45) is 0. The zero-order chi connectivity index (χ0) is 17.3. The average molecular weight is 305 g/mol. The van der Waals surface area contributed by atoms with Crippen molar-refractivity contribution < 1.29 is 9.63 Å². The number of anilines is 1. The van der Waals surface area contributed by atoms with Gasteiger partial charge in [-0.05, 0) is 32.9 Å². The Kier molecular flexibility index (Phi) is 5.01. The van der Waals surface area contributed by atoms with E-state index in [1.54, 1.807) is 0 Å². The first-order valence-electron chi connectivity index (χ1n) is 7.83. The molecule has 0 atom stereocenters. The first-order chi connectivity index (χ1) is 9.78. The molecular formula is C19H31NO2. The Morgan fingerprint density at radius 1 is 0.818 bits per heavy atom. The van der Waals surface area contributed by atoms with Crippen LogP contribution < -0.4 is 5.48 Å². The lowest BCUT2D eigenvalue weighted by Crippen LogP contribution is -2.24. The zero-order valence-electron chi connectivity index (χ0n) is 15.5. The first kappa shape index (κ1) is 18.5. The second-order valence-electron chi connectivity index (χ2n) is 9.01. The van der Waals surface area contributed by atoms with Crippen molar-refractivity contribution in [1.82, 2.24) is 0 Å². The van der Waals surface area contributed by atoms with Crippen LogP contribution in [0.1, 0.15) is 79.0 Å². The van der Waals surface area contributed by atoms with E-state index < -0.39 is 0 Å². The van der Waals surface area contributed by atoms with E-state index in [1.807, 2.05) is 0 Å². The Bertz CT molecular complexity index is 505. The topological polar surface area (TPSA) is 38.3 Å². The molecule has 0 heterocycles. The summed E-state index contributed by atoms with van der Waals surface area (Å²) >= 11 is 0. The van der Waals surface area contributed by atoms with Gasteiger partial charge in [0.25, 0.3) is 0 Å². The van der Waals surface area contributed by atoms with E-state index in [1.165, 1.54) is 5.56 Å². The molecule has 0 radical (unpaired) electrons. The van der Waals surface area contributed by atoms with Crippen LogP contribution in [0.3, 0.4) is 0 Å². The van der Waals surface area contributed by atoms with Crippen LogP contribution in [0.25, 0.3) is 0 Å². The summed E-state index contributed by atoms with van der Waals surface area (Å²) in [5, 5.41) is 0. The molecule has 22 heavy (non-hydrogen) atoms. The van der Waals surface area contributed by atoms with Gasteiger partial charge in [-0.2, -0.15) is 0 Å². The smallest absolute Gasteiger partial charge is 0.320 e. The quantitative estimate of drug-likeness (QED) is 0.625. The lowest BCUT2D eigenvalue weighted by Gasteiger charge is -2.33. The second kappa shape index (κ2) is 5.94. The minimum atomic E-state index is -0.0597. The standard InChI is InChI=1S/C19H31NO2/c1-17(2,3)13-10-14(18(4,5)6)16(20-22-12-21)15(11-13)19(7,8)9/h10-12,20H,1-9H3. The number of nitrogens with one attached hydrogen (secondary N) is 1. The highest BCUT2D eigenvalue weighted by atomic mass is 16.7. The molecule has 124 valence electrons. The highest BCUT2D eigenvalue weighted by molar-refractivity contribution is 5.64. The fourth-order valence-corrected chi connectivity index (χ4v) is 2.45. The molecule has 1 aromatic rings. The highest BCUT2D eigenvalue weighted by Gasteiger charge is 2.29. The lowest BCUT2D eigenvalue weighted by molar-refractivity contribution is -0.126. The van der Waals surface area contributed by atoms with Crippen molar-refractivity contribution >= 4 is 12.2 Å². The molecule has 0 aliphatic rings. The summed E-state index contributed by atoms with van der Waals surface area (Å²) in [7, 11) is 0. The molecule has 0 aromatic heterocycles. The van der Waals surface area contributed by atoms with E-state index in [9.17, 15) is 4.79 Å². The van der Waals surface area contributed by atoms with Gasteiger partial charge in [0.2, 0.25) is 0 Å². The Balaban J connectivity index is 3.73. The molecular weight excluding hydrogens is 274 g/mol. The fraction of sp³-hybridized carbons (Fsp3) is 0.632. The molecule has 0 unspecified atom stereocenters. The van der Waals surface area contributed by atoms with Crippen molar-refractivity contribution in [1.29, 1.82) is 0 Å². The van der Waals surface area contributed by atoms with Crippen LogP contribution in [0.15, 0.2) is 12.1 Å². The minimum absolute atomic E-state index is 0.0596. The highest BCUT2D eigenvalue weighted by Crippen LogP contribution is 2.41. The maximum atomic E-state index is 10.6. The van der Waals surface area contributed by atoms with E-state index in [4.69, 9.17) is 4.84 Å². The number of carbonyl (C=O) groups excluding carboxylic acids is 1. The maximum Gasteiger partial charge on any atom is 0.320 e. The zero-order valence-corrected chi connectivity index (χ0v) is 15.5. The van der Waals surface area contributed by atoms with Gasteiger partial charge in [0.05, 0.1) is 5.69 Å². The number of hydrogen-bond donors (Lipinski definition) is 1. The van der Waals surface area contributed by atoms with Gasteiger partial charge in [0, 0.05) is 0 Å². The predicted octanol–water partition coefficient (Wildman–Crippen LogP) is 5.08. The molecule has 0 bridgehead atoms. The molecule has 1 aromatic carbocycles. The van der Waals surface area contributed by atoms with Crippen molar-refractivity contribution in [2.75, 3.05) is 5.48 Å². The summed E-state index contributed by atoms with van der Waals surface area (Å²) < 4.78 is 0. The Morgan fingerprint density at radius 2 is 1.23 bits per heavy atom. The molecule has 1 rings (SSSR count). The Hall–Kier alpha value is -1.51. The average Bonchev–Trinajstić information content (AvgIpc) is 2.31. The van der Waals surface area contributed by atoms with Crippen molar-refractivity contribution in [3.05, 3.63) is 28.8 Å². The molecule has 0 aliphatic heterocycles. The van der Waals surface area contributed by atoms with Crippen LogP contribution in [0.2, 0.25) is 0 Å². The number of hydrogen-bond acceptors (Lipinski definition) is 3. The summed E-state index contributed by atoms with van der Waals surface area (Å²) in [6.45, 7) is 20.1. The first-order valence-corrected chi connectivity index (χ1v) is 7.83. The molecule has 0 saturated carbocycles. The third-order valence-electron chi connectivity index (χ3n) is 3.83. The summed E-state index contributed by atoms with van der Waals surface area (Å²) in [6, 6.07) is 4.46. The molecule has 1 N–H and O–H groups in total. The monoisotopic (exact) mass is 305 g/mol. The van der Waals surface area contributed by atoms with E-state index in [2.05, 4.69) is 79.9 Å². The summed E-state index contributed by atoms with van der Waals surface area (Å²) in [4.78, 5) is 15.5. The number of benzene rings is 1. The van der Waals surface area contributed by atoms with Gasteiger partial charge in [-0.1, -0.05) is 74.4 Å². The van der Waals surface area contributed by atoms with Crippen molar-refractivity contribution in [3.8, 4) is 0 Å². The van der Waals surface area contributed by atoms with Gasteiger partial charge in [0.1, 0.15) is 0 Å². The molecule has 0 aliphatic carbocycles. The lowest BCUT2D eigenvalue weighted by atomic mass is 9.74. The van der Waals surface area contributed by atoms with Crippen LogP contribution in [-0.4, -0.2) is 6.47 Å². The third kappa shape index (κ3) is 4.25. The third-order valence-corrected chi connectivity index (χ3v) is 3.83. The van der Waals surface area contributed by atoms with Gasteiger partial charge in [-0.3, -0.25) is 4.79 Å². The number of rotatable bonds is 3. The molecule has 3 nitrogen and oxygen atoms in total. The van der Waals surface area contributed by atoms with Crippen LogP contribution in [-0.2, 0) is 25.9 Å². The van der Waals surface area contributed by atoms with Gasteiger partial charge in [-0.15, -0.1) is 0 Å². The van der Waals surface area contributed by atoms with Gasteiger partial charge >= 0.3 is 6.47 Å². The molecule has 0 fully saturated rings. The van der Waals surface area contributed by atoms with Crippen LogP contribution in [0.4, 0.5) is 5.69 Å². The molecule has 0 spiro atoms. The summed E-state index contributed by atoms with van der Waals surface area (Å²) in [5.41, 5.74) is 7.31. The second-order valence-corrected chi connectivity index (χ2v) is 9.01. The van der Waals surface area contributed by atoms with E-state index >= 15 is 0 Å². The summed E-state index contributed by atoms with van der Waals surface area (Å²) in [5.74, 6) is 0. The van der Waals surface area contributed by atoms with Crippen LogP contribution >= 0.6 is 0 Å². The van der Waals surface area contributed by atoms with Gasteiger partial charge in [-0.25, -0.2) is 5.48 Å². The van der Waals surface area contributed by atoms with E-state index in [0.29, 0.717) is 6.47 Å². The number of carbonyl (C=O) groups is 1. The van der Waals surface area contributed by atoms with Crippen LogP contribution in [0.5, 0.6) is 0 Å². The van der Waals surface area contributed by atoms with Crippen molar-refractivity contribution in [3.63, 3.8) is 0 Å². The fourth-order valence-electron chi connectivity index (χ4n) is 2.45. The van der Waals surface area contributed by atoms with Gasteiger partial charge in [0.15, 0.2) is 0 Å². The van der Waals surface area contributed by atoms with Gasteiger partial charge < -0.3 is 4.84 Å². The van der Waals surface area contributed by atoms with E-state index in [-0.39, 0.29) is 16.2 Å². The maximum absolute atomic E-state index is 10.6. The predicted molar refractivity (Wildman–Crippen MR) is 93.3 cm³/mol. The SMILES string of the molecule is CC(C)(C)c1cc(C(C)(C)C)c(NOC=O)c(C(C)(C)C)c1. The normalized spacial score (nSPS) is 13.0. The molecule has 0 amide bonds. The Morgan fingerprint density at radius 3 is 1.50 bits per heavy atom. The Labute approximate surface area is 135 Å². The molecule has 0 saturated heterocycles. The van der Waals surface area contributed by atoms with Crippen LogP contribution in [0, 0.1) is 0 Å². The minimum Gasteiger partial charge on any atom is -0.347 e. The largest absolute Gasteiger partial charge is 0.347 e. The van der Waals surface area contributed by atoms with Crippen molar-refractivity contribution in [2.24, 2.45) is 0 Å². The molecule has 3 heteroatoms.